The van der Waals surface area contributed by atoms with Gasteiger partial charge in [0.05, 0.1) is 7.11 Å². The zero-order valence-corrected chi connectivity index (χ0v) is 8.26. The summed E-state index contributed by atoms with van der Waals surface area (Å²) in [6, 6.07) is 0. The number of carboxylic acid groups (broad SMARTS) is 1. The molecule has 0 radical (unpaired) electrons. The van der Waals surface area contributed by atoms with Gasteiger partial charge in [-0.15, -0.1) is 0 Å². The van der Waals surface area contributed by atoms with Gasteiger partial charge in [0.1, 0.15) is 0 Å². The first-order chi connectivity index (χ1) is 7.45. The molecular formula is C8H9NO7. The Labute approximate surface area is 89.8 Å². The first kappa shape index (κ1) is 13.6. The molecule has 0 aromatic heterocycles. The SMILES string of the molecule is COC(=O)NC(=O)COC(=O)C=CC(=O)O. The molecule has 0 rings (SSSR count). The Morgan fingerprint density at radius 3 is 2.38 bits per heavy atom. The Morgan fingerprint density at radius 1 is 1.25 bits per heavy atom. The van der Waals surface area contributed by atoms with Crippen LogP contribution in [0.15, 0.2) is 12.2 Å². The number of aliphatic carboxylic acids is 1. The van der Waals surface area contributed by atoms with Crippen molar-refractivity contribution in [3.05, 3.63) is 12.2 Å². The standard InChI is InChI=1S/C8H9NO7/c1-15-8(14)9-5(10)4-16-7(13)3-2-6(11)12/h2-3H,4H2,1H3,(H,11,12)(H,9,10,14). The van der Waals surface area contributed by atoms with E-state index in [1.165, 1.54) is 0 Å². The largest absolute Gasteiger partial charge is 0.478 e. The van der Waals surface area contributed by atoms with E-state index >= 15 is 0 Å². The summed E-state index contributed by atoms with van der Waals surface area (Å²) in [5, 5.41) is 9.89. The average Bonchev–Trinajstić information content (AvgIpc) is 2.23. The highest BCUT2D eigenvalue weighted by molar-refractivity contribution is 5.95. The van der Waals surface area contributed by atoms with Crippen LogP contribution in [0.1, 0.15) is 0 Å². The number of carbonyl (C=O) groups excluding carboxylic acids is 3. The summed E-state index contributed by atoms with van der Waals surface area (Å²) >= 11 is 0. The van der Waals surface area contributed by atoms with Crippen molar-refractivity contribution < 1.29 is 33.8 Å². The number of ether oxygens (including phenoxy) is 2. The Bertz CT molecular complexity index is 333. The number of imide groups is 1. The molecule has 2 N–H and O–H groups in total. The molecular weight excluding hydrogens is 222 g/mol. The van der Waals surface area contributed by atoms with Crippen molar-refractivity contribution in [3.8, 4) is 0 Å². The van der Waals surface area contributed by atoms with Crippen molar-refractivity contribution in [2.24, 2.45) is 0 Å². The molecule has 0 unspecified atom stereocenters. The molecule has 0 aromatic carbocycles. The van der Waals surface area contributed by atoms with Crippen LogP contribution < -0.4 is 5.32 Å². The fraction of sp³-hybridized carbons (Fsp3) is 0.250. The number of esters is 1. The van der Waals surface area contributed by atoms with Crippen LogP contribution >= 0.6 is 0 Å². The summed E-state index contributed by atoms with van der Waals surface area (Å²) in [6.07, 6.45) is 0.205. The Kier molecular flexibility index (Phi) is 5.95. The number of hydrogen-bond donors (Lipinski definition) is 2. The molecule has 0 aromatic rings. The number of hydrogen-bond acceptors (Lipinski definition) is 6. The second-order valence-corrected chi connectivity index (χ2v) is 2.32. The summed E-state index contributed by atoms with van der Waals surface area (Å²) in [6.45, 7) is -0.710. The van der Waals surface area contributed by atoms with Crippen LogP contribution in [0.4, 0.5) is 4.79 Å². The molecule has 0 saturated heterocycles. The van der Waals surface area contributed by atoms with Gasteiger partial charge in [0.25, 0.3) is 5.91 Å². The fourth-order valence-electron chi connectivity index (χ4n) is 0.525. The molecule has 0 aliphatic heterocycles. The van der Waals surface area contributed by atoms with E-state index < -0.39 is 30.5 Å². The van der Waals surface area contributed by atoms with E-state index in [-0.39, 0.29) is 0 Å². The van der Waals surface area contributed by atoms with Crippen LogP contribution in [0.3, 0.4) is 0 Å². The molecule has 0 saturated carbocycles. The second kappa shape index (κ2) is 6.98. The Hall–Kier alpha value is -2.38. The third kappa shape index (κ3) is 7.06. The van der Waals surface area contributed by atoms with Crippen molar-refractivity contribution in [1.82, 2.24) is 5.32 Å². The van der Waals surface area contributed by atoms with Gasteiger partial charge in [0.15, 0.2) is 6.61 Å². The quantitative estimate of drug-likeness (QED) is 0.473. The van der Waals surface area contributed by atoms with Gasteiger partial charge in [-0.1, -0.05) is 0 Å². The Balaban J connectivity index is 3.88. The van der Waals surface area contributed by atoms with E-state index in [9.17, 15) is 19.2 Å². The van der Waals surface area contributed by atoms with Crippen LogP contribution in [0.25, 0.3) is 0 Å². The van der Waals surface area contributed by atoms with E-state index in [1.807, 2.05) is 0 Å². The summed E-state index contributed by atoms with van der Waals surface area (Å²) < 4.78 is 8.39. The second-order valence-electron chi connectivity index (χ2n) is 2.32. The molecule has 0 atom stereocenters. The number of amides is 2. The van der Waals surface area contributed by atoms with E-state index in [4.69, 9.17) is 5.11 Å². The maximum Gasteiger partial charge on any atom is 0.413 e. The first-order valence-corrected chi connectivity index (χ1v) is 3.91. The third-order valence-electron chi connectivity index (χ3n) is 1.13. The zero-order chi connectivity index (χ0) is 12.6. The number of methoxy groups -OCH3 is 1. The van der Waals surface area contributed by atoms with Gasteiger partial charge in [-0.25, -0.2) is 14.4 Å². The predicted molar refractivity (Wildman–Crippen MR) is 48.3 cm³/mol. The van der Waals surface area contributed by atoms with Crippen LogP contribution in [0.5, 0.6) is 0 Å². The number of carboxylic acids is 1. The number of nitrogens with one attached hydrogen (secondary N) is 1. The lowest BCUT2D eigenvalue weighted by molar-refractivity contribution is -0.143. The van der Waals surface area contributed by atoms with Crippen molar-refractivity contribution >= 4 is 23.9 Å². The maximum atomic E-state index is 10.8. The van der Waals surface area contributed by atoms with Crippen LogP contribution in [0, 0.1) is 0 Å². The smallest absolute Gasteiger partial charge is 0.413 e. The fourth-order valence-corrected chi connectivity index (χ4v) is 0.525. The normalized spacial score (nSPS) is 9.56. The molecule has 8 heteroatoms. The lowest BCUT2D eigenvalue weighted by Gasteiger charge is -2.02. The lowest BCUT2D eigenvalue weighted by Crippen LogP contribution is -2.33. The van der Waals surface area contributed by atoms with Crippen LogP contribution in [-0.4, -0.2) is 42.8 Å². The van der Waals surface area contributed by atoms with Crippen molar-refractivity contribution in [2.45, 2.75) is 0 Å². The van der Waals surface area contributed by atoms with Gasteiger partial charge in [0, 0.05) is 12.2 Å². The first-order valence-electron chi connectivity index (χ1n) is 3.91. The van der Waals surface area contributed by atoms with Crippen molar-refractivity contribution in [3.63, 3.8) is 0 Å². The van der Waals surface area contributed by atoms with E-state index in [0.717, 1.165) is 7.11 Å². The lowest BCUT2D eigenvalue weighted by atomic mass is 10.5. The summed E-state index contributed by atoms with van der Waals surface area (Å²) in [5.41, 5.74) is 0. The number of carbonyl (C=O) groups is 4. The van der Waals surface area contributed by atoms with E-state index in [0.29, 0.717) is 12.2 Å². The molecule has 16 heavy (non-hydrogen) atoms. The molecule has 0 aliphatic rings. The van der Waals surface area contributed by atoms with Gasteiger partial charge in [0.2, 0.25) is 0 Å². The topological polar surface area (TPSA) is 119 Å². The molecule has 0 heterocycles. The van der Waals surface area contributed by atoms with E-state index in [2.05, 4.69) is 9.47 Å². The zero-order valence-electron chi connectivity index (χ0n) is 8.26. The highest BCUT2D eigenvalue weighted by Gasteiger charge is 2.09. The molecule has 88 valence electrons. The maximum absolute atomic E-state index is 10.8. The molecule has 2 amide bonds. The molecule has 0 spiro atoms. The van der Waals surface area contributed by atoms with Crippen LogP contribution in [-0.2, 0) is 23.9 Å². The number of rotatable bonds is 4. The Morgan fingerprint density at radius 2 is 1.88 bits per heavy atom. The van der Waals surface area contributed by atoms with Gasteiger partial charge < -0.3 is 14.6 Å². The molecule has 8 nitrogen and oxygen atoms in total. The van der Waals surface area contributed by atoms with Crippen LogP contribution in [0.2, 0.25) is 0 Å². The van der Waals surface area contributed by atoms with Gasteiger partial charge >= 0.3 is 18.0 Å². The highest BCUT2D eigenvalue weighted by Crippen LogP contribution is 1.83. The van der Waals surface area contributed by atoms with Gasteiger partial charge in [-0.3, -0.25) is 10.1 Å². The summed E-state index contributed by atoms with van der Waals surface area (Å²) in [7, 11) is 1.06. The van der Waals surface area contributed by atoms with Gasteiger partial charge in [-0.05, 0) is 0 Å². The summed E-state index contributed by atoms with van der Waals surface area (Å²) in [5.74, 6) is -3.22. The van der Waals surface area contributed by atoms with E-state index in [1.54, 1.807) is 5.32 Å². The predicted octanol–water partition coefficient (Wildman–Crippen LogP) is -0.947. The van der Waals surface area contributed by atoms with Crippen molar-refractivity contribution in [2.75, 3.05) is 13.7 Å². The minimum atomic E-state index is -1.32. The monoisotopic (exact) mass is 231 g/mol. The molecule has 0 bridgehead atoms. The van der Waals surface area contributed by atoms with Crippen molar-refractivity contribution in [1.29, 1.82) is 0 Å². The average molecular weight is 231 g/mol. The van der Waals surface area contributed by atoms with Gasteiger partial charge in [-0.2, -0.15) is 0 Å². The third-order valence-corrected chi connectivity index (χ3v) is 1.13. The minimum absolute atomic E-state index is 0.556. The minimum Gasteiger partial charge on any atom is -0.478 e. The highest BCUT2D eigenvalue weighted by atomic mass is 16.5. The molecule has 0 fully saturated rings. The summed E-state index contributed by atoms with van der Waals surface area (Å²) in [4.78, 5) is 42.1. The molecule has 0 aliphatic carbocycles. The number of alkyl carbamates (subject to hydrolysis) is 1.